The van der Waals surface area contributed by atoms with Crippen LogP contribution in [0.2, 0.25) is 0 Å². The summed E-state index contributed by atoms with van der Waals surface area (Å²) in [6.07, 6.45) is 59.8. The molecule has 0 amide bonds. The predicted octanol–water partition coefficient (Wildman–Crippen LogP) is 23.5. The van der Waals surface area contributed by atoms with Gasteiger partial charge in [-0.15, -0.1) is 0 Å². The van der Waals surface area contributed by atoms with Gasteiger partial charge >= 0.3 is 39.5 Å². The lowest BCUT2D eigenvalue weighted by molar-refractivity contribution is -0.161. The van der Waals surface area contributed by atoms with Crippen LogP contribution in [-0.2, 0) is 65.4 Å². The Hall–Kier alpha value is -1.94. The zero-order valence-corrected chi connectivity index (χ0v) is 65.9. The summed E-state index contributed by atoms with van der Waals surface area (Å²) in [6.45, 7) is 9.57. The third kappa shape index (κ3) is 72.4. The van der Waals surface area contributed by atoms with Crippen LogP contribution < -0.4 is 0 Å². The number of aliphatic hydroxyl groups is 1. The van der Waals surface area contributed by atoms with Gasteiger partial charge in [0, 0.05) is 25.7 Å². The smallest absolute Gasteiger partial charge is 0.462 e. The highest BCUT2D eigenvalue weighted by molar-refractivity contribution is 7.47. The molecule has 0 fully saturated rings. The predicted molar refractivity (Wildman–Crippen MR) is 400 cm³/mol. The number of carbonyl (C=O) groups excluding carboxylic acids is 4. The summed E-state index contributed by atoms with van der Waals surface area (Å²) in [5.41, 5.74) is 0. The van der Waals surface area contributed by atoms with E-state index in [-0.39, 0.29) is 25.7 Å². The zero-order chi connectivity index (χ0) is 72.1. The standard InChI is InChI=1S/C79H154O17P2/c1-7-9-11-13-15-17-19-21-22-23-24-25-26-27-28-29-30-32-38-46-52-58-64-79(84)95-74(67-89-76(81)61-55-49-43-36-34-33-35-41-47-53-59-71(3)4)69-93-97(85,86)91-65-73(80)66-92-98(87,88)94-70-75(68-90-77(82)62-56-50-44-40-39-42-48-54-60-72(5)6)96-78(83)63-57-51-45-37-31-20-18-16-14-12-10-8-2/h71-75,80H,7-70H2,1-6H3,(H,85,86)(H,87,88)/t73-,74-,75-/m1/s1. The fourth-order valence-corrected chi connectivity index (χ4v) is 13.8. The van der Waals surface area contributed by atoms with Gasteiger partial charge in [0.15, 0.2) is 12.2 Å². The van der Waals surface area contributed by atoms with E-state index in [1.165, 1.54) is 231 Å². The molecule has 98 heavy (non-hydrogen) atoms. The zero-order valence-electron chi connectivity index (χ0n) is 64.1. The summed E-state index contributed by atoms with van der Waals surface area (Å²) in [4.78, 5) is 72.9. The quantitative estimate of drug-likeness (QED) is 0.0222. The van der Waals surface area contributed by atoms with Gasteiger partial charge in [0.2, 0.25) is 0 Å². The second-order valence-electron chi connectivity index (χ2n) is 29.4. The lowest BCUT2D eigenvalue weighted by Crippen LogP contribution is -2.30. The molecule has 0 aliphatic rings. The summed E-state index contributed by atoms with van der Waals surface area (Å²) >= 11 is 0. The van der Waals surface area contributed by atoms with Crippen molar-refractivity contribution >= 4 is 39.5 Å². The second kappa shape index (κ2) is 70.7. The van der Waals surface area contributed by atoms with Gasteiger partial charge in [-0.25, -0.2) is 9.13 Å². The topological polar surface area (TPSA) is 237 Å². The molecule has 19 heteroatoms. The second-order valence-corrected chi connectivity index (χ2v) is 32.3. The largest absolute Gasteiger partial charge is 0.472 e. The highest BCUT2D eigenvalue weighted by atomic mass is 31.2. The highest BCUT2D eigenvalue weighted by Crippen LogP contribution is 2.45. The maximum absolute atomic E-state index is 13.1. The van der Waals surface area contributed by atoms with Crippen LogP contribution in [0, 0.1) is 11.8 Å². The number of unbranched alkanes of at least 4 members (excludes halogenated alkanes) is 48. The number of phosphoric ester groups is 2. The van der Waals surface area contributed by atoms with E-state index in [0.29, 0.717) is 25.7 Å². The Labute approximate surface area is 600 Å². The van der Waals surface area contributed by atoms with E-state index >= 15 is 0 Å². The monoisotopic (exact) mass is 1440 g/mol. The molecule has 5 atom stereocenters. The molecule has 0 aliphatic heterocycles. The fourth-order valence-electron chi connectivity index (χ4n) is 12.2. The first-order chi connectivity index (χ1) is 47.4. The molecule has 0 bridgehead atoms. The molecule has 0 aromatic heterocycles. The summed E-state index contributed by atoms with van der Waals surface area (Å²) in [7, 11) is -9.91. The Kier molecular flexibility index (Phi) is 69.3. The summed E-state index contributed by atoms with van der Waals surface area (Å²) in [6, 6.07) is 0. The summed E-state index contributed by atoms with van der Waals surface area (Å²) in [5, 5.41) is 10.6. The molecule has 2 unspecified atom stereocenters. The first-order valence-corrected chi connectivity index (χ1v) is 44.0. The SMILES string of the molecule is CCCCCCCCCCCCCCCCCCCCCCCCC(=O)O[C@H](COC(=O)CCCCCCCCCCCCC(C)C)COP(=O)(O)OC[C@@H](O)COP(=O)(O)OC[C@@H](COC(=O)CCCCCCCCCCC(C)C)OC(=O)CCCCCCCCCCCCCC. The van der Waals surface area contributed by atoms with Crippen molar-refractivity contribution < 1.29 is 80.2 Å². The Morgan fingerprint density at radius 3 is 0.694 bits per heavy atom. The number of carbonyl (C=O) groups is 4. The van der Waals surface area contributed by atoms with Crippen LogP contribution in [0.5, 0.6) is 0 Å². The molecule has 0 saturated heterocycles. The number of rotatable bonds is 78. The summed E-state index contributed by atoms with van der Waals surface area (Å²) in [5.74, 6) is -0.628. The van der Waals surface area contributed by atoms with Crippen molar-refractivity contribution in [1.29, 1.82) is 0 Å². The average molecular weight is 1440 g/mol. The average Bonchev–Trinajstić information content (AvgIpc) is 0.982. The van der Waals surface area contributed by atoms with Crippen LogP contribution >= 0.6 is 15.6 Å². The number of aliphatic hydroxyl groups excluding tert-OH is 1. The van der Waals surface area contributed by atoms with Crippen molar-refractivity contribution in [2.24, 2.45) is 11.8 Å². The number of esters is 4. The Morgan fingerprint density at radius 2 is 0.469 bits per heavy atom. The van der Waals surface area contributed by atoms with Crippen LogP contribution in [0.25, 0.3) is 0 Å². The van der Waals surface area contributed by atoms with E-state index in [1.807, 2.05) is 0 Å². The molecule has 0 aliphatic carbocycles. The van der Waals surface area contributed by atoms with Crippen LogP contribution in [-0.4, -0.2) is 96.7 Å². The molecule has 0 spiro atoms. The van der Waals surface area contributed by atoms with E-state index in [1.54, 1.807) is 0 Å². The molecule has 3 N–H and O–H groups in total. The van der Waals surface area contributed by atoms with Gasteiger partial charge in [0.1, 0.15) is 19.3 Å². The van der Waals surface area contributed by atoms with Crippen LogP contribution in [0.15, 0.2) is 0 Å². The maximum atomic E-state index is 13.1. The van der Waals surface area contributed by atoms with Crippen molar-refractivity contribution in [3.63, 3.8) is 0 Å². The Morgan fingerprint density at radius 1 is 0.276 bits per heavy atom. The van der Waals surface area contributed by atoms with Crippen molar-refractivity contribution in [1.82, 2.24) is 0 Å². The molecular formula is C79H154O17P2. The van der Waals surface area contributed by atoms with E-state index in [9.17, 15) is 43.2 Å². The van der Waals surface area contributed by atoms with E-state index in [2.05, 4.69) is 41.5 Å². The van der Waals surface area contributed by atoms with E-state index < -0.39 is 97.5 Å². The van der Waals surface area contributed by atoms with E-state index in [0.717, 1.165) is 102 Å². The van der Waals surface area contributed by atoms with Crippen molar-refractivity contribution in [3.8, 4) is 0 Å². The van der Waals surface area contributed by atoms with Gasteiger partial charge in [-0.05, 0) is 37.5 Å². The van der Waals surface area contributed by atoms with Crippen molar-refractivity contribution in [2.75, 3.05) is 39.6 Å². The van der Waals surface area contributed by atoms with Crippen LogP contribution in [0.4, 0.5) is 0 Å². The minimum atomic E-state index is -4.96. The fraction of sp³-hybridized carbons (Fsp3) is 0.949. The van der Waals surface area contributed by atoms with Crippen LogP contribution in [0.1, 0.15) is 414 Å². The molecule has 0 aromatic rings. The molecule has 0 radical (unpaired) electrons. The third-order valence-electron chi connectivity index (χ3n) is 18.5. The Balaban J connectivity index is 5.19. The highest BCUT2D eigenvalue weighted by Gasteiger charge is 2.30. The lowest BCUT2D eigenvalue weighted by Gasteiger charge is -2.21. The third-order valence-corrected chi connectivity index (χ3v) is 20.4. The molecule has 0 heterocycles. The molecule has 0 aromatic carbocycles. The van der Waals surface area contributed by atoms with E-state index in [4.69, 9.17) is 37.0 Å². The van der Waals surface area contributed by atoms with Gasteiger partial charge in [0.05, 0.1) is 26.4 Å². The van der Waals surface area contributed by atoms with Gasteiger partial charge in [0.25, 0.3) is 0 Å². The molecule has 17 nitrogen and oxygen atoms in total. The lowest BCUT2D eigenvalue weighted by atomic mass is 10.0. The number of phosphoric acid groups is 2. The first kappa shape index (κ1) is 96.1. The minimum absolute atomic E-state index is 0.107. The number of hydrogen-bond donors (Lipinski definition) is 3. The van der Waals surface area contributed by atoms with Crippen molar-refractivity contribution in [3.05, 3.63) is 0 Å². The maximum Gasteiger partial charge on any atom is 0.472 e. The normalized spacial score (nSPS) is 13.9. The van der Waals surface area contributed by atoms with Gasteiger partial charge in [-0.1, -0.05) is 363 Å². The van der Waals surface area contributed by atoms with Crippen LogP contribution in [0.3, 0.4) is 0 Å². The molecule has 0 rings (SSSR count). The number of ether oxygens (including phenoxy) is 4. The van der Waals surface area contributed by atoms with Crippen molar-refractivity contribution in [2.45, 2.75) is 432 Å². The van der Waals surface area contributed by atoms with Gasteiger partial charge < -0.3 is 33.8 Å². The van der Waals surface area contributed by atoms with Gasteiger partial charge in [-0.3, -0.25) is 37.3 Å². The first-order valence-electron chi connectivity index (χ1n) is 41.0. The molecule has 582 valence electrons. The Bertz CT molecular complexity index is 1890. The molecule has 0 saturated carbocycles. The molecular weight excluding hydrogens is 1280 g/mol. The minimum Gasteiger partial charge on any atom is -0.462 e. The van der Waals surface area contributed by atoms with Gasteiger partial charge in [-0.2, -0.15) is 0 Å². The number of hydrogen-bond acceptors (Lipinski definition) is 15. The summed E-state index contributed by atoms with van der Waals surface area (Å²) < 4.78 is 68.6.